The van der Waals surface area contributed by atoms with Crippen molar-refractivity contribution in [2.75, 3.05) is 7.05 Å². The van der Waals surface area contributed by atoms with Crippen LogP contribution in [0.2, 0.25) is 0 Å². The van der Waals surface area contributed by atoms with Crippen LogP contribution >= 0.6 is 11.3 Å². The van der Waals surface area contributed by atoms with Crippen LogP contribution in [-0.4, -0.2) is 30.6 Å². The lowest BCUT2D eigenvalue weighted by molar-refractivity contribution is 0.560. The van der Waals surface area contributed by atoms with Crippen LogP contribution in [0.1, 0.15) is 28.5 Å². The van der Waals surface area contributed by atoms with Gasteiger partial charge in [0.15, 0.2) is 0 Å². The maximum atomic E-state index is 12.4. The molecule has 20 heavy (non-hydrogen) atoms. The van der Waals surface area contributed by atoms with Crippen molar-refractivity contribution in [1.82, 2.24) is 25.2 Å². The van der Waals surface area contributed by atoms with Crippen molar-refractivity contribution in [2.45, 2.75) is 31.3 Å². The molecule has 9 heteroatoms. The molecule has 0 saturated carbocycles. The summed E-state index contributed by atoms with van der Waals surface area (Å²) >= 11 is 1.47. The zero-order chi connectivity index (χ0) is 14.8. The van der Waals surface area contributed by atoms with Crippen LogP contribution in [0.3, 0.4) is 0 Å². The lowest BCUT2D eigenvalue weighted by atomic mass is 10.3. The predicted molar refractivity (Wildman–Crippen MR) is 76.9 cm³/mol. The maximum absolute atomic E-state index is 12.4. The number of H-pyrrole nitrogens is 1. The fourth-order valence-corrected chi connectivity index (χ4v) is 4.68. The number of nitrogens with one attached hydrogen (secondary N) is 3. The number of aryl methyl sites for hydroxylation is 1. The zero-order valence-electron chi connectivity index (χ0n) is 11.5. The molecule has 0 amide bonds. The molecule has 0 bridgehead atoms. The molecule has 1 unspecified atom stereocenters. The van der Waals surface area contributed by atoms with E-state index in [0.717, 1.165) is 9.75 Å². The first-order chi connectivity index (χ1) is 9.44. The van der Waals surface area contributed by atoms with Crippen LogP contribution in [0.4, 0.5) is 0 Å². The number of sulfonamides is 1. The summed E-state index contributed by atoms with van der Waals surface area (Å²) in [7, 11) is -1.74. The molecule has 2 rings (SSSR count). The molecule has 0 saturated heterocycles. The van der Waals surface area contributed by atoms with Crippen molar-refractivity contribution in [2.24, 2.45) is 0 Å². The minimum atomic E-state index is -3.57. The predicted octanol–water partition coefficient (Wildman–Crippen LogP) is 0.934. The van der Waals surface area contributed by atoms with E-state index in [2.05, 4.69) is 25.2 Å². The summed E-state index contributed by atoms with van der Waals surface area (Å²) in [6.07, 6.45) is 1.35. The summed E-state index contributed by atoms with van der Waals surface area (Å²) < 4.78 is 27.4. The van der Waals surface area contributed by atoms with Gasteiger partial charge in [-0.25, -0.2) is 18.1 Å². The summed E-state index contributed by atoms with van der Waals surface area (Å²) in [5, 5.41) is 9.38. The first kappa shape index (κ1) is 15.1. The minimum Gasteiger partial charge on any atom is -0.315 e. The lowest BCUT2D eigenvalue weighted by Gasteiger charge is -2.11. The highest BCUT2D eigenvalue weighted by Crippen LogP contribution is 2.26. The molecule has 1 atom stereocenters. The second-order valence-corrected chi connectivity index (χ2v) is 7.40. The van der Waals surface area contributed by atoms with Crippen LogP contribution in [0.25, 0.3) is 0 Å². The van der Waals surface area contributed by atoms with Gasteiger partial charge in [0.1, 0.15) is 12.2 Å². The molecule has 0 spiro atoms. The Morgan fingerprint density at radius 3 is 2.85 bits per heavy atom. The number of thiophene rings is 1. The highest BCUT2D eigenvalue weighted by Gasteiger charge is 2.23. The summed E-state index contributed by atoms with van der Waals surface area (Å²) in [6, 6.07) is 1.24. The summed E-state index contributed by atoms with van der Waals surface area (Å²) in [6.45, 7) is 4.17. The molecule has 110 valence electrons. The third kappa shape index (κ3) is 3.23. The van der Waals surface area contributed by atoms with Crippen LogP contribution in [0.5, 0.6) is 0 Å². The quantitative estimate of drug-likeness (QED) is 0.736. The average molecular weight is 315 g/mol. The first-order valence-electron chi connectivity index (χ1n) is 6.05. The molecule has 0 aliphatic rings. The Morgan fingerprint density at radius 1 is 1.50 bits per heavy atom. The van der Waals surface area contributed by atoms with Gasteiger partial charge in [0.2, 0.25) is 10.0 Å². The van der Waals surface area contributed by atoms with Gasteiger partial charge in [0.25, 0.3) is 0 Å². The second-order valence-electron chi connectivity index (χ2n) is 4.38. The Balaban J connectivity index is 2.22. The zero-order valence-corrected chi connectivity index (χ0v) is 13.1. The molecular formula is C11H17N5O2S2. The smallest absolute Gasteiger partial charge is 0.242 e. The van der Waals surface area contributed by atoms with E-state index in [1.54, 1.807) is 19.9 Å². The summed E-state index contributed by atoms with van der Waals surface area (Å²) in [4.78, 5) is 6.02. The van der Waals surface area contributed by atoms with E-state index in [0.29, 0.717) is 17.3 Å². The molecule has 0 fully saturated rings. The Labute approximate surface area is 121 Å². The summed E-state index contributed by atoms with van der Waals surface area (Å²) in [5.41, 5.74) is 0. The number of rotatable bonds is 6. The van der Waals surface area contributed by atoms with Crippen molar-refractivity contribution in [3.63, 3.8) is 0 Å². The van der Waals surface area contributed by atoms with Gasteiger partial charge in [0, 0.05) is 16.3 Å². The van der Waals surface area contributed by atoms with E-state index in [-0.39, 0.29) is 0 Å². The van der Waals surface area contributed by atoms with Crippen molar-refractivity contribution in [1.29, 1.82) is 0 Å². The Morgan fingerprint density at radius 2 is 2.25 bits per heavy atom. The Hall–Kier alpha value is -1.29. The third-order valence-electron chi connectivity index (χ3n) is 2.74. The van der Waals surface area contributed by atoms with E-state index >= 15 is 0 Å². The van der Waals surface area contributed by atoms with Crippen LogP contribution in [0.15, 0.2) is 17.3 Å². The first-order valence-corrected chi connectivity index (χ1v) is 8.35. The van der Waals surface area contributed by atoms with Crippen molar-refractivity contribution < 1.29 is 8.42 Å². The Kier molecular flexibility index (Phi) is 4.53. The molecule has 3 N–H and O–H groups in total. The van der Waals surface area contributed by atoms with Gasteiger partial charge < -0.3 is 5.32 Å². The fraction of sp³-hybridized carbons (Fsp3) is 0.455. The van der Waals surface area contributed by atoms with Crippen molar-refractivity contribution in [3.05, 3.63) is 28.0 Å². The molecule has 2 aromatic rings. The second kappa shape index (κ2) is 6.00. The van der Waals surface area contributed by atoms with Gasteiger partial charge in [-0.2, -0.15) is 5.10 Å². The van der Waals surface area contributed by atoms with Crippen LogP contribution < -0.4 is 10.0 Å². The summed E-state index contributed by atoms with van der Waals surface area (Å²) in [5.74, 6) is 0.483. The van der Waals surface area contributed by atoms with E-state index in [1.165, 1.54) is 17.7 Å². The van der Waals surface area contributed by atoms with E-state index in [9.17, 15) is 8.42 Å². The number of hydrogen-bond acceptors (Lipinski definition) is 6. The van der Waals surface area contributed by atoms with Gasteiger partial charge >= 0.3 is 0 Å². The maximum Gasteiger partial charge on any atom is 0.242 e. The van der Waals surface area contributed by atoms with Gasteiger partial charge in [-0.15, -0.1) is 11.3 Å². The van der Waals surface area contributed by atoms with E-state index in [4.69, 9.17) is 0 Å². The fourth-order valence-electron chi connectivity index (χ4n) is 1.83. The molecule has 2 aromatic heterocycles. The van der Waals surface area contributed by atoms with Gasteiger partial charge in [-0.3, -0.25) is 5.10 Å². The molecule has 2 heterocycles. The van der Waals surface area contributed by atoms with Gasteiger partial charge in [-0.05, 0) is 27.0 Å². The number of aromatic nitrogens is 3. The van der Waals surface area contributed by atoms with Crippen LogP contribution in [-0.2, 0) is 16.6 Å². The average Bonchev–Trinajstić information content (AvgIpc) is 2.98. The molecule has 0 aliphatic carbocycles. The molecule has 0 radical (unpaired) electrons. The SMILES string of the molecule is CNCc1cc(S(=O)(=O)NC(C)c2ncn[nH]2)c(C)s1. The van der Waals surface area contributed by atoms with E-state index < -0.39 is 16.1 Å². The van der Waals surface area contributed by atoms with Crippen molar-refractivity contribution in [3.8, 4) is 0 Å². The number of hydrogen-bond donors (Lipinski definition) is 3. The molecular weight excluding hydrogens is 298 g/mol. The molecule has 0 aliphatic heterocycles. The number of aromatic amines is 1. The third-order valence-corrected chi connectivity index (χ3v) is 5.59. The monoisotopic (exact) mass is 315 g/mol. The molecule has 0 aromatic carbocycles. The van der Waals surface area contributed by atoms with Gasteiger partial charge in [0.05, 0.1) is 10.9 Å². The molecule has 7 nitrogen and oxygen atoms in total. The van der Waals surface area contributed by atoms with Crippen LogP contribution in [0, 0.1) is 6.92 Å². The lowest BCUT2D eigenvalue weighted by Crippen LogP contribution is -2.27. The van der Waals surface area contributed by atoms with Crippen molar-refractivity contribution >= 4 is 21.4 Å². The van der Waals surface area contributed by atoms with E-state index in [1.807, 2.05) is 7.05 Å². The Bertz CT molecular complexity index is 663. The standard InChI is InChI=1S/C11H17N5O2S2/c1-7(11-13-6-14-15-11)16-20(17,18)10-4-9(5-12-3)19-8(10)2/h4,6-7,12,16H,5H2,1-3H3,(H,13,14,15). The van der Waals surface area contributed by atoms with Gasteiger partial charge in [-0.1, -0.05) is 0 Å². The normalized spacial score (nSPS) is 13.6. The highest BCUT2D eigenvalue weighted by atomic mass is 32.2. The number of nitrogens with zero attached hydrogens (tertiary/aromatic N) is 2. The highest BCUT2D eigenvalue weighted by molar-refractivity contribution is 7.89. The largest absolute Gasteiger partial charge is 0.315 e. The minimum absolute atomic E-state index is 0.319. The topological polar surface area (TPSA) is 99.8 Å².